The highest BCUT2D eigenvalue weighted by Crippen LogP contribution is 2.26. The lowest BCUT2D eigenvalue weighted by atomic mass is 10.1. The van der Waals surface area contributed by atoms with E-state index in [2.05, 4.69) is 0 Å². The van der Waals surface area contributed by atoms with Gasteiger partial charge in [0.15, 0.2) is 9.84 Å². The minimum atomic E-state index is -3.22. The number of thiophene rings is 1. The Balaban J connectivity index is 2.20. The Bertz CT molecular complexity index is 781. The minimum absolute atomic E-state index is 0.114. The highest BCUT2D eigenvalue weighted by Gasteiger charge is 2.20. The summed E-state index contributed by atoms with van der Waals surface area (Å²) in [7, 11) is -1.50. The maximum absolute atomic E-state index is 12.4. The lowest BCUT2D eigenvalue weighted by Crippen LogP contribution is -2.29. The lowest BCUT2D eigenvalue weighted by Gasteiger charge is -2.25. The van der Waals surface area contributed by atoms with Crippen molar-refractivity contribution in [2.75, 3.05) is 13.3 Å². The van der Waals surface area contributed by atoms with E-state index in [1.807, 2.05) is 6.92 Å². The van der Waals surface area contributed by atoms with Crippen LogP contribution < -0.4 is 0 Å². The predicted molar refractivity (Wildman–Crippen MR) is 89.4 cm³/mol. The van der Waals surface area contributed by atoms with Crippen LogP contribution in [0.2, 0.25) is 4.34 Å². The van der Waals surface area contributed by atoms with Gasteiger partial charge in [-0.3, -0.25) is 4.79 Å². The van der Waals surface area contributed by atoms with Crippen molar-refractivity contribution in [2.24, 2.45) is 0 Å². The smallest absolute Gasteiger partial charge is 0.264 e. The van der Waals surface area contributed by atoms with Crippen LogP contribution in [0.15, 0.2) is 41.3 Å². The number of amides is 1. The van der Waals surface area contributed by atoms with Gasteiger partial charge in [0.2, 0.25) is 0 Å². The molecule has 4 nitrogen and oxygen atoms in total. The van der Waals surface area contributed by atoms with Gasteiger partial charge in [-0.15, -0.1) is 11.3 Å². The van der Waals surface area contributed by atoms with Crippen molar-refractivity contribution in [1.82, 2.24) is 4.90 Å². The molecule has 1 aromatic carbocycles. The normalized spacial score (nSPS) is 12.9. The molecule has 0 bridgehead atoms. The Hall–Kier alpha value is -1.37. The third kappa shape index (κ3) is 3.69. The van der Waals surface area contributed by atoms with Crippen molar-refractivity contribution < 1.29 is 13.2 Å². The minimum Gasteiger partial charge on any atom is -0.334 e. The number of benzene rings is 1. The number of nitrogens with zero attached hydrogens (tertiary/aromatic N) is 1. The fraction of sp³-hybridized carbons (Fsp3) is 0.267. The molecule has 0 aliphatic heterocycles. The van der Waals surface area contributed by atoms with Gasteiger partial charge in [0.05, 0.1) is 20.2 Å². The number of carbonyl (C=O) groups excluding carboxylic acids is 1. The van der Waals surface area contributed by atoms with E-state index in [9.17, 15) is 13.2 Å². The van der Waals surface area contributed by atoms with Crippen LogP contribution in [0.25, 0.3) is 0 Å². The third-order valence-electron chi connectivity index (χ3n) is 3.48. The summed E-state index contributed by atoms with van der Waals surface area (Å²) >= 11 is 7.09. The van der Waals surface area contributed by atoms with Gasteiger partial charge in [-0.25, -0.2) is 8.42 Å². The Labute approximate surface area is 139 Å². The standard InChI is InChI=1S/C15H16ClNO3S2/c1-10(11-4-6-12(7-5-11)22(3,19)20)17(2)15(18)13-8-9-14(16)21-13/h4-10H,1-3H3. The second kappa shape index (κ2) is 6.40. The van der Waals surface area contributed by atoms with Crippen LogP contribution in [0, 0.1) is 0 Å². The number of hydrogen-bond donors (Lipinski definition) is 0. The zero-order valence-corrected chi connectivity index (χ0v) is 14.8. The van der Waals surface area contributed by atoms with Crippen molar-refractivity contribution in [1.29, 1.82) is 0 Å². The largest absolute Gasteiger partial charge is 0.334 e. The van der Waals surface area contributed by atoms with Crippen LogP contribution in [-0.4, -0.2) is 32.5 Å². The van der Waals surface area contributed by atoms with Gasteiger partial charge in [-0.2, -0.15) is 0 Å². The summed E-state index contributed by atoms with van der Waals surface area (Å²) in [5.41, 5.74) is 0.867. The molecule has 1 unspecified atom stereocenters. The summed E-state index contributed by atoms with van der Waals surface area (Å²) in [6.07, 6.45) is 1.17. The Morgan fingerprint density at radius 1 is 1.18 bits per heavy atom. The van der Waals surface area contributed by atoms with E-state index in [1.54, 1.807) is 48.3 Å². The van der Waals surface area contributed by atoms with Crippen LogP contribution in [-0.2, 0) is 9.84 Å². The molecule has 0 saturated carbocycles. The highest BCUT2D eigenvalue weighted by molar-refractivity contribution is 7.90. The molecule has 1 atom stereocenters. The van der Waals surface area contributed by atoms with E-state index in [0.717, 1.165) is 5.56 Å². The topological polar surface area (TPSA) is 54.5 Å². The number of halogens is 1. The Kier molecular flexibility index (Phi) is 4.94. The fourth-order valence-corrected chi connectivity index (χ4v) is 3.65. The molecule has 0 radical (unpaired) electrons. The summed E-state index contributed by atoms with van der Waals surface area (Å²) in [4.78, 5) is 14.8. The van der Waals surface area contributed by atoms with Crippen LogP contribution >= 0.6 is 22.9 Å². The molecule has 1 amide bonds. The van der Waals surface area contributed by atoms with Gasteiger partial charge in [0.1, 0.15) is 0 Å². The molecule has 22 heavy (non-hydrogen) atoms. The first kappa shape index (κ1) is 17.0. The average molecular weight is 358 g/mol. The molecule has 1 heterocycles. The first-order chi connectivity index (χ1) is 10.2. The average Bonchev–Trinajstić information content (AvgIpc) is 2.90. The molecule has 0 fully saturated rings. The van der Waals surface area contributed by atoms with Crippen LogP contribution in [0.4, 0.5) is 0 Å². The Morgan fingerprint density at radius 3 is 2.23 bits per heavy atom. The SMILES string of the molecule is CC(c1ccc(S(C)(=O)=O)cc1)N(C)C(=O)c1ccc(Cl)s1. The van der Waals surface area contributed by atoms with Crippen molar-refractivity contribution in [3.8, 4) is 0 Å². The summed E-state index contributed by atoms with van der Waals surface area (Å²) < 4.78 is 23.5. The van der Waals surface area contributed by atoms with E-state index < -0.39 is 9.84 Å². The zero-order chi connectivity index (χ0) is 16.5. The van der Waals surface area contributed by atoms with Gasteiger partial charge in [0, 0.05) is 13.3 Å². The molecule has 1 aromatic heterocycles. The number of sulfone groups is 1. The molecular formula is C15H16ClNO3S2. The number of hydrogen-bond acceptors (Lipinski definition) is 4. The molecule has 0 spiro atoms. The monoisotopic (exact) mass is 357 g/mol. The van der Waals surface area contributed by atoms with Gasteiger partial charge >= 0.3 is 0 Å². The van der Waals surface area contributed by atoms with Crippen LogP contribution in [0.5, 0.6) is 0 Å². The van der Waals surface area contributed by atoms with Crippen molar-refractivity contribution >= 4 is 38.7 Å². The summed E-state index contributed by atoms with van der Waals surface area (Å²) in [6.45, 7) is 1.89. The first-order valence-electron chi connectivity index (χ1n) is 6.52. The van der Waals surface area contributed by atoms with Gasteiger partial charge < -0.3 is 4.90 Å². The van der Waals surface area contributed by atoms with Gasteiger partial charge in [-0.1, -0.05) is 23.7 Å². The van der Waals surface area contributed by atoms with E-state index in [4.69, 9.17) is 11.6 Å². The van der Waals surface area contributed by atoms with Crippen molar-refractivity contribution in [2.45, 2.75) is 17.9 Å². The molecular weight excluding hydrogens is 342 g/mol. The second-order valence-corrected chi connectivity index (χ2v) is 8.77. The molecule has 0 aliphatic carbocycles. The molecule has 118 valence electrons. The van der Waals surface area contributed by atoms with E-state index in [0.29, 0.717) is 9.21 Å². The van der Waals surface area contributed by atoms with Crippen molar-refractivity contribution in [3.63, 3.8) is 0 Å². The quantitative estimate of drug-likeness (QED) is 0.839. The van der Waals surface area contributed by atoms with Crippen LogP contribution in [0.3, 0.4) is 0 Å². The molecule has 0 N–H and O–H groups in total. The summed E-state index contributed by atoms with van der Waals surface area (Å²) in [6, 6.07) is 9.79. The first-order valence-corrected chi connectivity index (χ1v) is 9.61. The summed E-state index contributed by atoms with van der Waals surface area (Å²) in [5.74, 6) is -0.114. The fourth-order valence-electron chi connectivity index (χ4n) is 2.00. The third-order valence-corrected chi connectivity index (χ3v) is 5.82. The number of carbonyl (C=O) groups is 1. The van der Waals surface area contributed by atoms with E-state index in [1.165, 1.54) is 17.6 Å². The molecule has 0 saturated heterocycles. The molecule has 0 aliphatic rings. The molecule has 2 aromatic rings. The van der Waals surface area contributed by atoms with Crippen molar-refractivity contribution in [3.05, 3.63) is 51.2 Å². The maximum atomic E-state index is 12.4. The lowest BCUT2D eigenvalue weighted by molar-refractivity contribution is 0.0747. The van der Waals surface area contributed by atoms with E-state index in [-0.39, 0.29) is 16.8 Å². The van der Waals surface area contributed by atoms with E-state index >= 15 is 0 Å². The number of rotatable bonds is 4. The Morgan fingerprint density at radius 2 is 1.77 bits per heavy atom. The predicted octanol–water partition coefficient (Wildman–Crippen LogP) is 3.64. The summed E-state index contributed by atoms with van der Waals surface area (Å²) in [5, 5.41) is 0. The zero-order valence-electron chi connectivity index (χ0n) is 12.4. The van der Waals surface area contributed by atoms with Crippen LogP contribution in [0.1, 0.15) is 28.2 Å². The maximum Gasteiger partial charge on any atom is 0.264 e. The van der Waals surface area contributed by atoms with Gasteiger partial charge in [0.25, 0.3) is 5.91 Å². The second-order valence-electron chi connectivity index (χ2n) is 5.04. The molecule has 2 rings (SSSR count). The highest BCUT2D eigenvalue weighted by atomic mass is 35.5. The van der Waals surface area contributed by atoms with Gasteiger partial charge in [-0.05, 0) is 36.8 Å². The molecule has 7 heteroatoms.